The Morgan fingerprint density at radius 2 is 2.38 bits per heavy atom. The summed E-state index contributed by atoms with van der Waals surface area (Å²) in [7, 11) is 0. The minimum atomic E-state index is -1.55. The van der Waals surface area contributed by atoms with Gasteiger partial charge in [0.2, 0.25) is 0 Å². The van der Waals surface area contributed by atoms with E-state index in [2.05, 4.69) is 0 Å². The van der Waals surface area contributed by atoms with Crippen LogP contribution in [0.3, 0.4) is 0 Å². The molecule has 0 nitrogen and oxygen atoms in total. The monoisotopic (exact) mass is 113 g/mol. The van der Waals surface area contributed by atoms with Crippen LogP contribution in [0.25, 0.3) is 0 Å². The van der Waals surface area contributed by atoms with Gasteiger partial charge in [-0.15, -0.1) is 6.05 Å². The predicted molar refractivity (Wildman–Crippen MR) is 36.3 cm³/mol. The van der Waals surface area contributed by atoms with Crippen molar-refractivity contribution < 1.29 is 11.0 Å². The fourth-order valence-corrected chi connectivity index (χ4v) is 0.274. The van der Waals surface area contributed by atoms with E-state index >= 15 is 0 Å². The number of hydrogen-bond donors (Lipinski definition) is 0. The lowest BCUT2D eigenvalue weighted by molar-refractivity contribution is 1.28. The van der Waals surface area contributed by atoms with Crippen molar-refractivity contribution in [1.29, 1.82) is 0 Å². The molecule has 8 heavy (non-hydrogen) atoms. The van der Waals surface area contributed by atoms with Crippen molar-refractivity contribution in [3.8, 4) is 0 Å². The molecule has 1 aliphatic rings. The highest BCUT2D eigenvalue weighted by Crippen LogP contribution is 1.95. The van der Waals surface area contributed by atoms with E-state index in [0.717, 1.165) is 0 Å². The van der Waals surface area contributed by atoms with Crippen molar-refractivity contribution in [3.05, 3.63) is 42.7 Å². The van der Waals surface area contributed by atoms with Crippen LogP contribution in [0.5, 0.6) is 0 Å². The summed E-state index contributed by atoms with van der Waals surface area (Å²) in [6, 6.07) is -3.89. The lowest BCUT2D eigenvalue weighted by Gasteiger charge is -1.96. The van der Waals surface area contributed by atoms with Crippen LogP contribution in [0.4, 0.5) is 0 Å². The fourth-order valence-electron chi connectivity index (χ4n) is 0.274. The van der Waals surface area contributed by atoms with Crippen molar-refractivity contribution in [3.63, 3.8) is 0 Å². The lowest BCUT2D eigenvalue weighted by atomic mass is 10.2. The molecule has 1 aliphatic carbocycles. The Kier molecular flexibility index (Phi) is 0.453. The maximum atomic E-state index is 7.43. The van der Waals surface area contributed by atoms with Gasteiger partial charge < -0.3 is 0 Å². The van der Waals surface area contributed by atoms with Crippen LogP contribution < -0.4 is 0 Å². The highest BCUT2D eigenvalue weighted by molar-refractivity contribution is 5.17. The summed E-state index contributed by atoms with van der Waals surface area (Å²) in [5.74, 6) is 0. The van der Waals surface area contributed by atoms with Gasteiger partial charge in [-0.25, -0.2) is 18.5 Å². The Bertz CT molecular complexity index is 366. The molecule has 0 radical (unpaired) electrons. The molecule has 0 saturated carbocycles. The second-order valence-electron chi connectivity index (χ2n) is 1.06. The zero-order valence-electron chi connectivity index (χ0n) is 12.1. The zero-order valence-corrected chi connectivity index (χ0v) is 4.08. The smallest absolute Gasteiger partial charge is 0.0618 e. The Morgan fingerprint density at radius 3 is 3.38 bits per heavy atom. The average Bonchev–Trinajstić information content (AvgIpc) is 2.30. The van der Waals surface area contributed by atoms with Crippen molar-refractivity contribution in [2.45, 2.75) is 6.40 Å². The van der Waals surface area contributed by atoms with E-state index in [1.807, 2.05) is 0 Å². The zero-order chi connectivity index (χ0) is 12.6. The molecule has 0 heterocycles. The molecule has 0 aromatic heterocycles. The Morgan fingerprint density at radius 1 is 1.50 bits per heavy atom. The predicted octanol–water partition coefficient (Wildman–Crippen LogP) is 2.26. The summed E-state index contributed by atoms with van der Waals surface area (Å²) in [5, 5.41) is 0. The van der Waals surface area contributed by atoms with Gasteiger partial charge >= 0.3 is 0 Å². The molecule has 0 aliphatic heterocycles. The molecule has 1 rings (SSSR count). The topological polar surface area (TPSA) is 0 Å². The van der Waals surface area contributed by atoms with Crippen LogP contribution in [0, 0.1) is 6.40 Å². The van der Waals surface area contributed by atoms with Crippen molar-refractivity contribution in [2.24, 2.45) is 0 Å². The minimum Gasteiger partial charge on any atom is -0.228 e. The molecule has 0 amide bonds. The molecular weight excluding hydrogens is 96.1 g/mol. The van der Waals surface area contributed by atoms with Gasteiger partial charge in [-0.05, 0) is 0 Å². The van der Waals surface area contributed by atoms with Gasteiger partial charge in [-0.1, -0.05) is 27.3 Å². The molecule has 0 fully saturated rings. The lowest BCUT2D eigenvalue weighted by Crippen LogP contribution is -1.67. The van der Waals surface area contributed by atoms with E-state index in [1.165, 1.54) is 0 Å². The summed E-state index contributed by atoms with van der Waals surface area (Å²) in [5.41, 5.74) is 0. The van der Waals surface area contributed by atoms with E-state index in [9.17, 15) is 0 Å². The summed E-state index contributed by atoms with van der Waals surface area (Å²) >= 11 is 0. The molecule has 0 bridgehead atoms. The highest BCUT2D eigenvalue weighted by atomic mass is 13.8. The largest absolute Gasteiger partial charge is 0.228 e. The second-order valence-corrected chi connectivity index (χ2v) is 1.06. The number of hydrogen-bond acceptors (Lipinski definition) is 0. The van der Waals surface area contributed by atoms with Crippen LogP contribution in [0.2, 0.25) is 0 Å². The van der Waals surface area contributed by atoms with Gasteiger partial charge in [0.1, 0.15) is 0 Å². The molecule has 0 saturated heterocycles. The summed E-state index contributed by atoms with van der Waals surface area (Å²) < 4.78 is 59.0. The third kappa shape index (κ3) is 1.69. The Balaban J connectivity index is 3.52. The van der Waals surface area contributed by atoms with E-state index in [4.69, 9.17) is 11.0 Å². The van der Waals surface area contributed by atoms with Crippen molar-refractivity contribution in [1.82, 2.24) is 0 Å². The molecule has 0 aromatic carbocycles. The highest BCUT2D eigenvalue weighted by Gasteiger charge is 1.67. The minimum absolute atomic E-state index is 0.600. The molecule has 0 spiro atoms. The fraction of sp³-hybridized carbons (Fsp3) is 0.125. The quantitative estimate of drug-likeness (QED) is 0.423. The van der Waals surface area contributed by atoms with E-state index in [1.54, 1.807) is 0 Å². The molecule has 0 N–H and O–H groups in total. The summed E-state index contributed by atoms with van der Waals surface area (Å²) in [6.07, 6.45) is -2.15. The summed E-state index contributed by atoms with van der Waals surface area (Å²) in [6.45, 7) is 0. The van der Waals surface area contributed by atoms with E-state index in [0.29, 0.717) is 0 Å². The van der Waals surface area contributed by atoms with Crippen molar-refractivity contribution in [2.75, 3.05) is 0 Å². The van der Waals surface area contributed by atoms with Crippen LogP contribution in [-0.4, -0.2) is 0 Å². The van der Waals surface area contributed by atoms with Crippen molar-refractivity contribution >= 4 is 0 Å². The van der Waals surface area contributed by atoms with Gasteiger partial charge in [0.15, 0.2) is 0 Å². The van der Waals surface area contributed by atoms with Gasteiger partial charge in [-0.2, -0.15) is 0 Å². The normalized spacial score (nSPS) is 49.0. The molecule has 42 valence electrons. The van der Waals surface area contributed by atoms with Gasteiger partial charge in [0.05, 0.1) is 4.11 Å². The van der Waals surface area contributed by atoms with Crippen LogP contribution in [0.1, 0.15) is 17.4 Å². The maximum Gasteiger partial charge on any atom is 0.0618 e. The van der Waals surface area contributed by atoms with Crippen LogP contribution in [-0.2, 0) is 0 Å². The third-order valence-electron chi connectivity index (χ3n) is 0.539. The van der Waals surface area contributed by atoms with Gasteiger partial charge in [0.25, 0.3) is 0 Å². The molecule has 1 atom stereocenters. The second kappa shape index (κ2) is 3.14. The van der Waals surface area contributed by atoms with Crippen LogP contribution in [0.15, 0.2) is 36.3 Å². The van der Waals surface area contributed by atoms with E-state index in [-0.39, 0.29) is 0 Å². The molecule has 0 aromatic rings. The number of allylic oxidation sites excluding steroid dienone is 6. The van der Waals surface area contributed by atoms with E-state index < -0.39 is 49.1 Å². The number of rotatable bonds is 0. The standard InChI is InChI=1S/C8H9/c1-2-4-6-8-7-5-3-1/h1-7H,8H2/q-1/i1D,2D,3D,4D,5D,6D,7D,8D. The molecular formula is C8H9-. The van der Waals surface area contributed by atoms with Gasteiger partial charge in [-0.3, -0.25) is 0 Å². The SMILES string of the molecule is [2H]C1=C([2H])C([2H])=C([2H])C([2H])[C-]([2H])C([2H])=C1[2H]. The first-order chi connectivity index (χ1) is 7.29. The molecule has 1 unspecified atom stereocenters. The summed E-state index contributed by atoms with van der Waals surface area (Å²) in [4.78, 5) is 0. The van der Waals surface area contributed by atoms with Crippen LogP contribution >= 0.6 is 0 Å². The Labute approximate surface area is 61.5 Å². The Hall–Kier alpha value is -0.910. The van der Waals surface area contributed by atoms with Gasteiger partial charge in [0, 0.05) is 4.11 Å². The first-order valence-corrected chi connectivity index (χ1v) is 2.08. The first-order valence-electron chi connectivity index (χ1n) is 6.15. The molecule has 0 heteroatoms. The first kappa shape index (κ1) is 1.15. The third-order valence-corrected chi connectivity index (χ3v) is 0.539. The maximum absolute atomic E-state index is 7.43. The average molecular weight is 113 g/mol.